The Morgan fingerprint density at radius 3 is 2.50 bits per heavy atom. The van der Waals surface area contributed by atoms with E-state index >= 15 is 0 Å². The van der Waals surface area contributed by atoms with Gasteiger partial charge in [0.25, 0.3) is 0 Å². The number of nitrogens with zero attached hydrogens (tertiary/aromatic N) is 3. The zero-order valence-electron chi connectivity index (χ0n) is 15.6. The first kappa shape index (κ1) is 22.0. The molecular formula is C19H28IN5O. The minimum atomic E-state index is 0. The van der Waals surface area contributed by atoms with Crippen LogP contribution in [0.1, 0.15) is 17.7 Å². The molecule has 0 aliphatic rings. The fourth-order valence-corrected chi connectivity index (χ4v) is 2.54. The lowest BCUT2D eigenvalue weighted by Crippen LogP contribution is -2.40. The number of aromatic nitrogens is 1. The second-order valence-electron chi connectivity index (χ2n) is 5.95. The van der Waals surface area contributed by atoms with Crippen molar-refractivity contribution in [3.8, 4) is 0 Å². The van der Waals surface area contributed by atoms with Crippen LogP contribution in [-0.2, 0) is 24.9 Å². The van der Waals surface area contributed by atoms with Gasteiger partial charge in [0.05, 0.1) is 6.54 Å². The second kappa shape index (κ2) is 11.6. The summed E-state index contributed by atoms with van der Waals surface area (Å²) in [6.07, 6.45) is 2.43. The molecule has 0 unspecified atom stereocenters. The molecule has 1 aromatic heterocycles. The molecule has 2 N–H and O–H groups in total. The third-order valence-electron chi connectivity index (χ3n) is 3.99. The van der Waals surface area contributed by atoms with E-state index in [4.69, 9.17) is 0 Å². The summed E-state index contributed by atoms with van der Waals surface area (Å²) in [5.41, 5.74) is 2.30. The summed E-state index contributed by atoms with van der Waals surface area (Å²) in [4.78, 5) is 18.3. The average Bonchev–Trinajstić information content (AvgIpc) is 3.02. The molecule has 0 fully saturated rings. The highest BCUT2D eigenvalue weighted by molar-refractivity contribution is 14.0. The Labute approximate surface area is 172 Å². The Kier molecular flexibility index (Phi) is 9.79. The van der Waals surface area contributed by atoms with Gasteiger partial charge in [0.15, 0.2) is 5.96 Å². The number of guanidine groups is 1. The maximum atomic E-state index is 11.9. The monoisotopic (exact) mass is 469 g/mol. The number of benzene rings is 1. The van der Waals surface area contributed by atoms with Gasteiger partial charge in [0.2, 0.25) is 5.91 Å². The van der Waals surface area contributed by atoms with Gasteiger partial charge in [-0.3, -0.25) is 9.79 Å². The summed E-state index contributed by atoms with van der Waals surface area (Å²) >= 11 is 0. The molecule has 1 aromatic carbocycles. The number of rotatable bonds is 7. The van der Waals surface area contributed by atoms with Crippen molar-refractivity contribution in [1.82, 2.24) is 20.1 Å². The highest BCUT2D eigenvalue weighted by atomic mass is 127. The highest BCUT2D eigenvalue weighted by Crippen LogP contribution is 2.03. The summed E-state index contributed by atoms with van der Waals surface area (Å²) < 4.78 is 2.08. The van der Waals surface area contributed by atoms with Crippen LogP contribution in [0.2, 0.25) is 0 Å². The summed E-state index contributed by atoms with van der Waals surface area (Å²) in [7, 11) is 5.76. The van der Waals surface area contributed by atoms with Crippen LogP contribution in [0.25, 0.3) is 0 Å². The normalized spacial score (nSPS) is 10.8. The number of carbonyl (C=O) groups is 1. The highest BCUT2D eigenvalue weighted by Gasteiger charge is 2.09. The predicted molar refractivity (Wildman–Crippen MR) is 117 cm³/mol. The molecule has 0 saturated heterocycles. The maximum absolute atomic E-state index is 11.9. The van der Waals surface area contributed by atoms with Gasteiger partial charge in [-0.2, -0.15) is 0 Å². The molecular weight excluding hydrogens is 441 g/mol. The Balaban J connectivity index is 0.00000338. The topological polar surface area (TPSA) is 61.7 Å². The lowest BCUT2D eigenvalue weighted by molar-refractivity contribution is -0.121. The predicted octanol–water partition coefficient (Wildman–Crippen LogP) is 2.36. The number of hydrogen-bond donors (Lipinski definition) is 2. The molecule has 2 aromatic rings. The van der Waals surface area contributed by atoms with Gasteiger partial charge < -0.3 is 20.1 Å². The first-order valence-electron chi connectivity index (χ1n) is 8.42. The van der Waals surface area contributed by atoms with Crippen molar-refractivity contribution < 1.29 is 4.79 Å². The first-order valence-corrected chi connectivity index (χ1v) is 8.42. The lowest BCUT2D eigenvalue weighted by Gasteiger charge is -2.22. The van der Waals surface area contributed by atoms with Gasteiger partial charge in [0.1, 0.15) is 0 Å². The number of aliphatic imine (C=N–C) groups is 1. The molecule has 0 radical (unpaired) electrons. The van der Waals surface area contributed by atoms with Gasteiger partial charge in [-0.25, -0.2) is 0 Å². The van der Waals surface area contributed by atoms with Gasteiger partial charge >= 0.3 is 0 Å². The smallest absolute Gasteiger partial charge is 0.222 e. The van der Waals surface area contributed by atoms with Crippen molar-refractivity contribution in [2.75, 3.05) is 20.6 Å². The maximum Gasteiger partial charge on any atom is 0.222 e. The zero-order valence-corrected chi connectivity index (χ0v) is 17.9. The summed E-state index contributed by atoms with van der Waals surface area (Å²) in [5.74, 6) is 0.800. The zero-order chi connectivity index (χ0) is 18.1. The van der Waals surface area contributed by atoms with E-state index in [-0.39, 0.29) is 29.9 Å². The molecule has 7 heteroatoms. The molecule has 0 bridgehead atoms. The fourth-order valence-electron chi connectivity index (χ4n) is 2.54. The van der Waals surface area contributed by atoms with Crippen molar-refractivity contribution in [3.63, 3.8) is 0 Å². The minimum Gasteiger partial charge on any atom is -0.356 e. The Bertz CT molecular complexity index is 699. The Hall–Kier alpha value is -2.03. The molecule has 0 saturated carbocycles. The second-order valence-corrected chi connectivity index (χ2v) is 5.95. The van der Waals surface area contributed by atoms with Crippen LogP contribution in [0.4, 0.5) is 0 Å². The molecule has 142 valence electrons. The van der Waals surface area contributed by atoms with Crippen LogP contribution in [-0.4, -0.2) is 42.0 Å². The number of amides is 1. The number of halogens is 1. The molecule has 1 amide bonds. The van der Waals surface area contributed by atoms with Crippen molar-refractivity contribution in [3.05, 3.63) is 59.9 Å². The summed E-state index contributed by atoms with van der Waals surface area (Å²) in [6.45, 7) is 1.86. The van der Waals surface area contributed by atoms with Crippen molar-refractivity contribution in [2.24, 2.45) is 12.0 Å². The molecule has 26 heavy (non-hydrogen) atoms. The molecule has 0 spiro atoms. The Morgan fingerprint density at radius 2 is 1.88 bits per heavy atom. The number of nitrogens with one attached hydrogen (secondary N) is 2. The van der Waals surface area contributed by atoms with Crippen LogP contribution < -0.4 is 10.6 Å². The first-order chi connectivity index (χ1) is 12.1. The SMILES string of the molecule is CN=C(NCCC(=O)NCc1ccccc1)N(C)Cc1cccn1C.I. The van der Waals surface area contributed by atoms with E-state index in [2.05, 4.69) is 26.3 Å². The van der Waals surface area contributed by atoms with Gasteiger partial charge in [-0.15, -0.1) is 24.0 Å². The minimum absolute atomic E-state index is 0. The number of hydrogen-bond acceptors (Lipinski definition) is 2. The molecule has 6 nitrogen and oxygen atoms in total. The molecule has 1 heterocycles. The van der Waals surface area contributed by atoms with Gasteiger partial charge in [-0.05, 0) is 17.7 Å². The van der Waals surface area contributed by atoms with Crippen molar-refractivity contribution >= 4 is 35.8 Å². The van der Waals surface area contributed by atoms with Crippen LogP contribution in [0.3, 0.4) is 0 Å². The lowest BCUT2D eigenvalue weighted by atomic mass is 10.2. The van der Waals surface area contributed by atoms with E-state index < -0.39 is 0 Å². The number of aryl methyl sites for hydroxylation is 1. The van der Waals surface area contributed by atoms with Crippen molar-refractivity contribution in [2.45, 2.75) is 19.5 Å². The van der Waals surface area contributed by atoms with Crippen LogP contribution in [0, 0.1) is 0 Å². The van der Waals surface area contributed by atoms with Gasteiger partial charge in [0, 0.05) is 52.5 Å². The van der Waals surface area contributed by atoms with E-state index in [1.54, 1.807) is 7.05 Å². The largest absolute Gasteiger partial charge is 0.356 e. The quantitative estimate of drug-likeness (QED) is 0.372. The Morgan fingerprint density at radius 1 is 1.15 bits per heavy atom. The molecule has 0 aliphatic carbocycles. The van der Waals surface area contributed by atoms with E-state index in [1.165, 1.54) is 5.69 Å². The van der Waals surface area contributed by atoms with Crippen LogP contribution in [0.15, 0.2) is 53.7 Å². The van der Waals surface area contributed by atoms with Crippen LogP contribution in [0.5, 0.6) is 0 Å². The van der Waals surface area contributed by atoms with E-state index in [1.807, 2.05) is 61.6 Å². The summed E-state index contributed by atoms with van der Waals surface area (Å²) in [6, 6.07) is 14.0. The summed E-state index contributed by atoms with van der Waals surface area (Å²) in [5, 5.41) is 6.16. The molecule has 0 atom stereocenters. The number of carbonyl (C=O) groups excluding carboxylic acids is 1. The molecule has 0 aliphatic heterocycles. The average molecular weight is 469 g/mol. The van der Waals surface area contributed by atoms with E-state index in [0.717, 1.165) is 18.1 Å². The molecule has 2 rings (SSSR count). The standard InChI is InChI=1S/C19H27N5O.HI/c1-20-19(24(3)15-17-10-7-13-23(17)2)21-12-11-18(25)22-14-16-8-5-4-6-9-16;/h4-10,13H,11-12,14-15H2,1-3H3,(H,20,21)(H,22,25);1H. The van der Waals surface area contributed by atoms with Gasteiger partial charge in [-0.1, -0.05) is 30.3 Å². The van der Waals surface area contributed by atoms with E-state index in [9.17, 15) is 4.79 Å². The third-order valence-corrected chi connectivity index (χ3v) is 3.99. The van der Waals surface area contributed by atoms with Crippen molar-refractivity contribution in [1.29, 1.82) is 0 Å². The van der Waals surface area contributed by atoms with Crippen LogP contribution >= 0.6 is 24.0 Å². The van der Waals surface area contributed by atoms with E-state index in [0.29, 0.717) is 19.5 Å². The fraction of sp³-hybridized carbons (Fsp3) is 0.368. The third kappa shape index (κ3) is 7.07.